The van der Waals surface area contributed by atoms with Gasteiger partial charge in [0.1, 0.15) is 17.5 Å². The first kappa shape index (κ1) is 15.8. The van der Waals surface area contributed by atoms with Crippen LogP contribution in [0, 0.1) is 23.2 Å². The van der Waals surface area contributed by atoms with Crippen LogP contribution in [-0.2, 0) is 0 Å². The van der Waals surface area contributed by atoms with Gasteiger partial charge < -0.3 is 9.88 Å². The van der Waals surface area contributed by atoms with E-state index in [1.807, 2.05) is 10.7 Å². The summed E-state index contributed by atoms with van der Waals surface area (Å²) in [5, 5.41) is 19.0. The second-order valence-electron chi connectivity index (χ2n) is 7.84. The summed E-state index contributed by atoms with van der Waals surface area (Å²) in [6.45, 7) is 3.20. The molecule has 3 aromatic heterocycles. The van der Waals surface area contributed by atoms with Crippen molar-refractivity contribution in [3.63, 3.8) is 0 Å². The van der Waals surface area contributed by atoms with Gasteiger partial charge in [-0.25, -0.2) is 9.50 Å². The lowest BCUT2D eigenvalue weighted by atomic mass is 9.80. The van der Waals surface area contributed by atoms with Gasteiger partial charge in [-0.3, -0.25) is 0 Å². The van der Waals surface area contributed by atoms with Crippen LogP contribution in [0.3, 0.4) is 0 Å². The third kappa shape index (κ3) is 2.65. The third-order valence-electron chi connectivity index (χ3n) is 6.20. The first-order chi connectivity index (χ1) is 12.8. The summed E-state index contributed by atoms with van der Waals surface area (Å²) in [5.74, 6) is 1.47. The van der Waals surface area contributed by atoms with Crippen LogP contribution in [0.25, 0.3) is 16.6 Å². The van der Waals surface area contributed by atoms with Gasteiger partial charge in [0.15, 0.2) is 0 Å². The number of nitriles is 1. The molecule has 3 aromatic rings. The van der Waals surface area contributed by atoms with Crippen LogP contribution < -0.4 is 0 Å². The Bertz CT molecular complexity index is 957. The molecule has 26 heavy (non-hydrogen) atoms. The van der Waals surface area contributed by atoms with Gasteiger partial charge in [-0.05, 0) is 50.6 Å². The first-order valence-corrected chi connectivity index (χ1v) is 9.61. The SMILES string of the molecule is N#CC1CCN(CC2CCC(c3nnn4cnc5[nH]ccc5c34)CC2)C1. The fraction of sp³-hybridized carbons (Fsp3) is 0.579. The van der Waals surface area contributed by atoms with Crippen LogP contribution >= 0.6 is 0 Å². The summed E-state index contributed by atoms with van der Waals surface area (Å²) in [6.07, 6.45) is 9.52. The van der Waals surface area contributed by atoms with E-state index in [4.69, 9.17) is 5.26 Å². The summed E-state index contributed by atoms with van der Waals surface area (Å²) < 4.78 is 1.81. The van der Waals surface area contributed by atoms with Gasteiger partial charge in [-0.15, -0.1) is 5.10 Å². The van der Waals surface area contributed by atoms with E-state index in [1.165, 1.54) is 25.7 Å². The molecule has 0 amide bonds. The van der Waals surface area contributed by atoms with E-state index in [9.17, 15) is 0 Å². The molecule has 5 rings (SSSR count). The Hall–Kier alpha value is -2.46. The molecule has 4 heterocycles. The lowest BCUT2D eigenvalue weighted by Gasteiger charge is -2.30. The van der Waals surface area contributed by atoms with Gasteiger partial charge in [-0.1, -0.05) is 5.21 Å². The number of nitrogens with zero attached hydrogens (tertiary/aromatic N) is 6. The number of nitrogens with one attached hydrogen (secondary N) is 1. The molecular weight excluding hydrogens is 326 g/mol. The van der Waals surface area contributed by atoms with Gasteiger partial charge in [-0.2, -0.15) is 5.26 Å². The molecule has 1 atom stereocenters. The number of likely N-dealkylation sites (tertiary alicyclic amines) is 1. The highest BCUT2D eigenvalue weighted by atomic mass is 15.4. The summed E-state index contributed by atoms with van der Waals surface area (Å²) in [4.78, 5) is 10.1. The normalized spacial score (nSPS) is 27.3. The standard InChI is InChI=1S/C19H23N7/c20-9-14-6-8-25(11-14)10-13-1-3-15(4-2-13)17-18-16-5-7-21-19(16)22-12-26(18)24-23-17/h5,7,12-15,21H,1-4,6,8,10-11H2. The molecule has 0 spiro atoms. The molecule has 1 saturated carbocycles. The van der Waals surface area contributed by atoms with Crippen molar-refractivity contribution in [2.24, 2.45) is 11.8 Å². The number of aromatic amines is 1. The molecule has 2 fully saturated rings. The monoisotopic (exact) mass is 349 g/mol. The van der Waals surface area contributed by atoms with E-state index in [0.29, 0.717) is 5.92 Å². The van der Waals surface area contributed by atoms with Crippen LogP contribution in [0.15, 0.2) is 18.6 Å². The Morgan fingerprint density at radius 1 is 1.23 bits per heavy atom. The fourth-order valence-electron chi connectivity index (χ4n) is 4.78. The minimum Gasteiger partial charge on any atom is -0.346 e. The number of aromatic nitrogens is 5. The second kappa shape index (κ2) is 6.36. The molecule has 1 unspecified atom stereocenters. The zero-order chi connectivity index (χ0) is 17.5. The van der Waals surface area contributed by atoms with Crippen molar-refractivity contribution in [3.8, 4) is 6.07 Å². The van der Waals surface area contributed by atoms with E-state index < -0.39 is 0 Å². The maximum Gasteiger partial charge on any atom is 0.141 e. The minimum absolute atomic E-state index is 0.242. The summed E-state index contributed by atoms with van der Waals surface area (Å²) in [7, 11) is 0. The lowest BCUT2D eigenvalue weighted by molar-refractivity contribution is 0.220. The van der Waals surface area contributed by atoms with Crippen LogP contribution in [0.2, 0.25) is 0 Å². The molecule has 1 saturated heterocycles. The Balaban J connectivity index is 1.29. The van der Waals surface area contributed by atoms with Crippen molar-refractivity contribution in [1.82, 2.24) is 29.7 Å². The topological polar surface area (TPSA) is 85.9 Å². The zero-order valence-electron chi connectivity index (χ0n) is 14.8. The van der Waals surface area contributed by atoms with Crippen molar-refractivity contribution in [2.45, 2.75) is 38.0 Å². The van der Waals surface area contributed by atoms with Crippen molar-refractivity contribution in [1.29, 1.82) is 5.26 Å². The van der Waals surface area contributed by atoms with Crippen LogP contribution in [0.1, 0.15) is 43.7 Å². The molecule has 0 bridgehead atoms. The molecule has 1 N–H and O–H groups in total. The van der Waals surface area contributed by atoms with E-state index in [0.717, 1.165) is 54.2 Å². The number of hydrogen-bond donors (Lipinski definition) is 1. The van der Waals surface area contributed by atoms with Crippen molar-refractivity contribution < 1.29 is 0 Å². The number of H-pyrrole nitrogens is 1. The number of hydrogen-bond acceptors (Lipinski definition) is 5. The van der Waals surface area contributed by atoms with E-state index in [2.05, 4.69) is 37.3 Å². The first-order valence-electron chi connectivity index (χ1n) is 9.61. The van der Waals surface area contributed by atoms with Crippen LogP contribution in [0.4, 0.5) is 0 Å². The average molecular weight is 349 g/mol. The minimum atomic E-state index is 0.242. The van der Waals surface area contributed by atoms with Crippen molar-refractivity contribution in [3.05, 3.63) is 24.3 Å². The average Bonchev–Trinajstić information content (AvgIpc) is 3.40. The Morgan fingerprint density at radius 2 is 2.12 bits per heavy atom. The highest BCUT2D eigenvalue weighted by Crippen LogP contribution is 2.38. The molecule has 2 aliphatic rings. The van der Waals surface area contributed by atoms with E-state index in [1.54, 1.807) is 6.33 Å². The van der Waals surface area contributed by atoms with Crippen molar-refractivity contribution >= 4 is 16.6 Å². The van der Waals surface area contributed by atoms with Crippen LogP contribution in [-0.4, -0.2) is 49.3 Å². The zero-order valence-corrected chi connectivity index (χ0v) is 14.8. The molecule has 1 aliphatic heterocycles. The predicted octanol–water partition coefficient (Wildman–Crippen LogP) is 2.72. The van der Waals surface area contributed by atoms with Gasteiger partial charge in [0.25, 0.3) is 0 Å². The maximum atomic E-state index is 9.08. The molecule has 7 nitrogen and oxygen atoms in total. The summed E-state index contributed by atoms with van der Waals surface area (Å²) in [6, 6.07) is 4.48. The highest BCUT2D eigenvalue weighted by molar-refractivity contribution is 5.92. The van der Waals surface area contributed by atoms with Crippen LogP contribution in [0.5, 0.6) is 0 Å². The van der Waals surface area contributed by atoms with Gasteiger partial charge in [0.05, 0.1) is 17.7 Å². The molecule has 7 heteroatoms. The highest BCUT2D eigenvalue weighted by Gasteiger charge is 2.30. The van der Waals surface area contributed by atoms with E-state index >= 15 is 0 Å². The summed E-state index contributed by atoms with van der Waals surface area (Å²) in [5.41, 5.74) is 3.13. The largest absolute Gasteiger partial charge is 0.346 e. The Labute approximate surface area is 152 Å². The van der Waals surface area contributed by atoms with Gasteiger partial charge >= 0.3 is 0 Å². The third-order valence-corrected chi connectivity index (χ3v) is 6.20. The Kier molecular flexibility index (Phi) is 3.86. The van der Waals surface area contributed by atoms with Crippen molar-refractivity contribution in [2.75, 3.05) is 19.6 Å². The smallest absolute Gasteiger partial charge is 0.141 e. The fourth-order valence-corrected chi connectivity index (χ4v) is 4.78. The van der Waals surface area contributed by atoms with E-state index in [-0.39, 0.29) is 5.92 Å². The Morgan fingerprint density at radius 3 is 2.92 bits per heavy atom. The van der Waals surface area contributed by atoms with Gasteiger partial charge in [0, 0.05) is 30.6 Å². The molecule has 0 aromatic carbocycles. The maximum absolute atomic E-state index is 9.08. The number of rotatable bonds is 3. The molecule has 134 valence electrons. The number of fused-ring (bicyclic) bond motifs is 3. The molecule has 1 aliphatic carbocycles. The lowest BCUT2D eigenvalue weighted by Crippen LogP contribution is -2.29. The summed E-state index contributed by atoms with van der Waals surface area (Å²) >= 11 is 0. The quantitative estimate of drug-likeness (QED) is 0.786. The molecular formula is C19H23N7. The molecule has 0 radical (unpaired) electrons. The van der Waals surface area contributed by atoms with Gasteiger partial charge in [0.2, 0.25) is 0 Å². The predicted molar refractivity (Wildman–Crippen MR) is 97.5 cm³/mol. The second-order valence-corrected chi connectivity index (χ2v) is 7.84.